The molecule has 3 heterocycles. The van der Waals surface area contributed by atoms with Gasteiger partial charge in [0.25, 0.3) is 0 Å². The molecule has 1 fully saturated rings. The Morgan fingerprint density at radius 1 is 1.19 bits per heavy atom. The SMILES string of the molecule is [2H]C([2H])([2H])n1cc(-c2ccc3nnc(CC(=O)C4CCN(CCC(F)(F)F)CC4)cc3c2)cn1. The number of fused-ring (bicyclic) bond motifs is 1. The zero-order valence-electron chi connectivity index (χ0n) is 19.8. The lowest BCUT2D eigenvalue weighted by Gasteiger charge is -2.31. The second-order valence-electron chi connectivity index (χ2n) is 7.91. The van der Waals surface area contributed by atoms with Crippen LogP contribution in [-0.4, -0.2) is 56.5 Å². The average molecular weight is 434 g/mol. The number of hydrogen-bond acceptors (Lipinski definition) is 5. The molecule has 3 aromatic rings. The molecule has 4 rings (SSSR count). The molecule has 0 aliphatic carbocycles. The summed E-state index contributed by atoms with van der Waals surface area (Å²) in [4.78, 5) is 14.5. The first-order valence-electron chi connectivity index (χ1n) is 11.6. The molecule has 0 unspecified atom stereocenters. The number of aryl methyl sites for hydroxylation is 1. The smallest absolute Gasteiger partial charge is 0.303 e. The number of aromatic nitrogens is 4. The Kier molecular flexibility index (Phi) is 5.03. The summed E-state index contributed by atoms with van der Waals surface area (Å²) < 4.78 is 60.5. The van der Waals surface area contributed by atoms with Gasteiger partial charge in [0.1, 0.15) is 5.78 Å². The molecule has 0 spiro atoms. The van der Waals surface area contributed by atoms with E-state index < -0.39 is 19.6 Å². The molecular weight excluding hydrogens is 407 g/mol. The Bertz CT molecular complexity index is 1170. The van der Waals surface area contributed by atoms with Gasteiger partial charge in [-0.2, -0.15) is 28.5 Å². The van der Waals surface area contributed by atoms with Gasteiger partial charge in [0, 0.05) is 40.7 Å². The quantitative estimate of drug-likeness (QED) is 0.591. The van der Waals surface area contributed by atoms with Gasteiger partial charge in [0.05, 0.1) is 30.2 Å². The molecule has 31 heavy (non-hydrogen) atoms. The number of ketones is 1. The van der Waals surface area contributed by atoms with E-state index in [1.165, 1.54) is 12.4 Å². The van der Waals surface area contributed by atoms with Gasteiger partial charge >= 0.3 is 6.18 Å². The summed E-state index contributed by atoms with van der Waals surface area (Å²) in [6.45, 7) is -1.44. The molecule has 1 aliphatic rings. The number of rotatable bonds is 6. The summed E-state index contributed by atoms with van der Waals surface area (Å²) in [5.41, 5.74) is 2.57. The standard InChI is InChI=1S/C22H24F3N5O/c1-29-14-18(13-26-29)16-2-3-20-17(10-16)11-19(27-28-20)12-21(31)15-4-7-30(8-5-15)9-6-22(23,24)25/h2-3,10-11,13-15H,4-9,12H2,1H3/i1D3. The fraction of sp³-hybridized carbons (Fsp3) is 0.455. The van der Waals surface area contributed by atoms with Crippen molar-refractivity contribution in [3.8, 4) is 11.1 Å². The zero-order valence-corrected chi connectivity index (χ0v) is 16.8. The van der Waals surface area contributed by atoms with E-state index in [-0.39, 0.29) is 24.7 Å². The van der Waals surface area contributed by atoms with Gasteiger partial charge < -0.3 is 4.90 Å². The fourth-order valence-corrected chi connectivity index (χ4v) is 3.91. The van der Waals surface area contributed by atoms with Crippen LogP contribution in [0.25, 0.3) is 22.0 Å². The third-order valence-electron chi connectivity index (χ3n) is 5.66. The third-order valence-corrected chi connectivity index (χ3v) is 5.66. The molecule has 1 aliphatic heterocycles. The van der Waals surface area contributed by atoms with Crippen molar-refractivity contribution in [1.82, 2.24) is 24.9 Å². The van der Waals surface area contributed by atoms with Crippen molar-refractivity contribution in [2.75, 3.05) is 19.6 Å². The maximum Gasteiger partial charge on any atom is 0.390 e. The lowest BCUT2D eigenvalue weighted by molar-refractivity contribution is -0.139. The molecular formula is C22H24F3N5O. The number of Topliss-reactive ketones (excluding diaryl/α,β-unsaturated/α-hetero) is 1. The predicted octanol–water partition coefficient (Wildman–Crippen LogP) is 3.81. The summed E-state index contributed by atoms with van der Waals surface area (Å²) in [5.74, 6) is -0.184. The molecule has 0 N–H and O–H groups in total. The van der Waals surface area contributed by atoms with Crippen molar-refractivity contribution in [1.29, 1.82) is 0 Å². The van der Waals surface area contributed by atoms with Crippen LogP contribution in [0.4, 0.5) is 13.2 Å². The molecule has 9 heteroatoms. The van der Waals surface area contributed by atoms with Gasteiger partial charge in [-0.15, -0.1) is 0 Å². The van der Waals surface area contributed by atoms with Gasteiger partial charge in [-0.25, -0.2) is 0 Å². The highest BCUT2D eigenvalue weighted by Gasteiger charge is 2.30. The first-order chi connectivity index (χ1) is 16.0. The normalized spacial score (nSPS) is 18.0. The Morgan fingerprint density at radius 2 is 2.00 bits per heavy atom. The van der Waals surface area contributed by atoms with E-state index in [4.69, 9.17) is 4.11 Å². The van der Waals surface area contributed by atoms with Crippen molar-refractivity contribution < 1.29 is 22.1 Å². The lowest BCUT2D eigenvalue weighted by Crippen LogP contribution is -2.38. The second-order valence-corrected chi connectivity index (χ2v) is 7.91. The molecule has 164 valence electrons. The molecule has 6 nitrogen and oxygen atoms in total. The van der Waals surface area contributed by atoms with Crippen molar-refractivity contribution >= 4 is 16.7 Å². The molecule has 0 amide bonds. The number of benzene rings is 1. The highest BCUT2D eigenvalue weighted by Crippen LogP contribution is 2.25. The number of halogens is 3. The van der Waals surface area contributed by atoms with E-state index in [1.54, 1.807) is 23.1 Å². The number of nitrogens with zero attached hydrogens (tertiary/aromatic N) is 5. The second kappa shape index (κ2) is 8.74. The molecule has 0 bridgehead atoms. The van der Waals surface area contributed by atoms with Crippen molar-refractivity contribution in [3.63, 3.8) is 0 Å². The maximum absolute atomic E-state index is 12.8. The number of hydrogen-bond donors (Lipinski definition) is 0. The van der Waals surface area contributed by atoms with E-state index in [0.717, 1.165) is 15.6 Å². The van der Waals surface area contributed by atoms with Crippen LogP contribution in [0.2, 0.25) is 0 Å². The largest absolute Gasteiger partial charge is 0.390 e. The Balaban J connectivity index is 1.41. The highest BCUT2D eigenvalue weighted by atomic mass is 19.4. The summed E-state index contributed by atoms with van der Waals surface area (Å²) in [6.07, 6.45) is -0.890. The monoisotopic (exact) mass is 434 g/mol. The Labute approximate surface area is 182 Å². The van der Waals surface area contributed by atoms with Crippen LogP contribution in [0, 0.1) is 5.92 Å². The van der Waals surface area contributed by atoms with Crippen LogP contribution in [0.5, 0.6) is 0 Å². The number of likely N-dealkylation sites (tertiary alicyclic amines) is 1. The maximum atomic E-state index is 12.8. The van der Waals surface area contributed by atoms with E-state index in [9.17, 15) is 18.0 Å². The summed E-state index contributed by atoms with van der Waals surface area (Å²) >= 11 is 0. The molecule has 1 saturated heterocycles. The lowest BCUT2D eigenvalue weighted by atomic mass is 9.90. The number of alkyl halides is 3. The summed E-state index contributed by atoms with van der Waals surface area (Å²) in [5, 5.41) is 13.0. The van der Waals surface area contributed by atoms with Crippen LogP contribution >= 0.6 is 0 Å². The van der Waals surface area contributed by atoms with Crippen molar-refractivity contribution in [2.24, 2.45) is 12.9 Å². The number of carbonyl (C=O) groups excluding carboxylic acids is 1. The highest BCUT2D eigenvalue weighted by molar-refractivity contribution is 5.86. The molecule has 0 saturated carbocycles. The van der Waals surface area contributed by atoms with Crippen LogP contribution < -0.4 is 0 Å². The average Bonchev–Trinajstić information content (AvgIpc) is 3.28. The van der Waals surface area contributed by atoms with Crippen LogP contribution in [0.1, 0.15) is 29.1 Å². The molecule has 0 atom stereocenters. The van der Waals surface area contributed by atoms with E-state index in [1.807, 2.05) is 6.07 Å². The van der Waals surface area contributed by atoms with Crippen LogP contribution in [0.15, 0.2) is 36.7 Å². The fourth-order valence-electron chi connectivity index (χ4n) is 3.91. The van der Waals surface area contributed by atoms with Gasteiger partial charge in [-0.1, -0.05) is 6.07 Å². The molecule has 0 radical (unpaired) electrons. The van der Waals surface area contributed by atoms with Gasteiger partial charge in [-0.05, 0) is 49.7 Å². The third kappa shape index (κ3) is 5.46. The van der Waals surface area contributed by atoms with Crippen LogP contribution in [0.3, 0.4) is 0 Å². The predicted molar refractivity (Wildman–Crippen MR) is 110 cm³/mol. The van der Waals surface area contributed by atoms with Gasteiger partial charge in [0.15, 0.2) is 0 Å². The molecule has 1 aromatic carbocycles. The molecule has 2 aromatic heterocycles. The first-order valence-corrected chi connectivity index (χ1v) is 10.1. The topological polar surface area (TPSA) is 63.9 Å². The van der Waals surface area contributed by atoms with Crippen molar-refractivity contribution in [3.05, 3.63) is 42.4 Å². The Morgan fingerprint density at radius 3 is 2.71 bits per heavy atom. The van der Waals surface area contributed by atoms with E-state index >= 15 is 0 Å². The van der Waals surface area contributed by atoms with Crippen LogP contribution in [-0.2, 0) is 18.2 Å². The van der Waals surface area contributed by atoms with E-state index in [2.05, 4.69) is 15.3 Å². The Hall–Kier alpha value is -2.81. The summed E-state index contributed by atoms with van der Waals surface area (Å²) in [6, 6.07) is 7.20. The number of piperidine rings is 1. The zero-order chi connectivity index (χ0) is 24.5. The van der Waals surface area contributed by atoms with Gasteiger partial charge in [-0.3, -0.25) is 9.48 Å². The van der Waals surface area contributed by atoms with Crippen molar-refractivity contribution in [2.45, 2.75) is 31.9 Å². The summed E-state index contributed by atoms with van der Waals surface area (Å²) in [7, 11) is 0. The first kappa shape index (κ1) is 17.8. The van der Waals surface area contributed by atoms with Gasteiger partial charge in [0.2, 0.25) is 0 Å². The minimum absolute atomic E-state index is 0.0132. The van der Waals surface area contributed by atoms with E-state index in [0.29, 0.717) is 42.7 Å². The minimum atomic E-state index is -4.17. The number of carbonyl (C=O) groups is 1. The minimum Gasteiger partial charge on any atom is -0.303 e.